The molecule has 6 heteroatoms. The first-order chi connectivity index (χ1) is 9.13. The van der Waals surface area contributed by atoms with Gasteiger partial charge in [0.1, 0.15) is 0 Å². The highest BCUT2D eigenvalue weighted by molar-refractivity contribution is 5.96. The van der Waals surface area contributed by atoms with E-state index in [0.717, 1.165) is 5.56 Å². The standard InChI is InChI=1S/C13H16N4O2/c1-8-10(14)12(17-16-8)15-13(18)11(19-2)9-6-4-3-5-7-9/h3-7,11H,14H2,1-2H3,(H2,15,16,17,18). The molecule has 2 aromatic rings. The lowest BCUT2D eigenvalue weighted by Gasteiger charge is -2.14. The van der Waals surface area contributed by atoms with Crippen LogP contribution in [-0.2, 0) is 9.53 Å². The van der Waals surface area contributed by atoms with Crippen LogP contribution in [0.3, 0.4) is 0 Å². The second-order valence-corrected chi connectivity index (χ2v) is 4.13. The van der Waals surface area contributed by atoms with Gasteiger partial charge >= 0.3 is 0 Å². The molecule has 19 heavy (non-hydrogen) atoms. The number of ether oxygens (including phenoxy) is 1. The van der Waals surface area contributed by atoms with E-state index >= 15 is 0 Å². The minimum atomic E-state index is -0.697. The van der Waals surface area contributed by atoms with Crippen LogP contribution in [0.5, 0.6) is 0 Å². The van der Waals surface area contributed by atoms with Crippen molar-refractivity contribution in [2.45, 2.75) is 13.0 Å². The Morgan fingerprint density at radius 2 is 2.11 bits per heavy atom. The van der Waals surface area contributed by atoms with Crippen molar-refractivity contribution in [2.75, 3.05) is 18.2 Å². The lowest BCUT2D eigenvalue weighted by Crippen LogP contribution is -2.23. The number of amides is 1. The van der Waals surface area contributed by atoms with Gasteiger partial charge < -0.3 is 15.8 Å². The predicted molar refractivity (Wildman–Crippen MR) is 72.6 cm³/mol. The number of nitrogens with zero attached hydrogens (tertiary/aromatic N) is 1. The number of nitrogen functional groups attached to an aromatic ring is 1. The summed E-state index contributed by atoms with van der Waals surface area (Å²) in [7, 11) is 1.48. The van der Waals surface area contributed by atoms with Crippen LogP contribution in [0.25, 0.3) is 0 Å². The van der Waals surface area contributed by atoms with Crippen LogP contribution in [0.4, 0.5) is 11.5 Å². The number of anilines is 2. The maximum atomic E-state index is 12.2. The van der Waals surface area contributed by atoms with E-state index in [-0.39, 0.29) is 5.91 Å². The maximum absolute atomic E-state index is 12.2. The zero-order chi connectivity index (χ0) is 13.8. The maximum Gasteiger partial charge on any atom is 0.259 e. The molecule has 0 saturated heterocycles. The first-order valence-corrected chi connectivity index (χ1v) is 5.82. The zero-order valence-electron chi connectivity index (χ0n) is 10.8. The fraction of sp³-hybridized carbons (Fsp3) is 0.231. The van der Waals surface area contributed by atoms with E-state index in [1.165, 1.54) is 7.11 Å². The molecule has 0 aliphatic rings. The van der Waals surface area contributed by atoms with Crippen LogP contribution in [0.1, 0.15) is 17.4 Å². The topological polar surface area (TPSA) is 93.0 Å². The van der Waals surface area contributed by atoms with Crippen molar-refractivity contribution < 1.29 is 9.53 Å². The average molecular weight is 260 g/mol. The Bertz CT molecular complexity index is 565. The van der Waals surface area contributed by atoms with Gasteiger partial charge in [0.2, 0.25) is 0 Å². The Hall–Kier alpha value is -2.34. The van der Waals surface area contributed by atoms with E-state index < -0.39 is 6.10 Å². The number of methoxy groups -OCH3 is 1. The van der Waals surface area contributed by atoms with Crippen molar-refractivity contribution in [3.8, 4) is 0 Å². The van der Waals surface area contributed by atoms with E-state index in [2.05, 4.69) is 15.5 Å². The molecule has 1 heterocycles. The molecule has 2 rings (SSSR count). The minimum absolute atomic E-state index is 0.313. The number of hydrogen-bond acceptors (Lipinski definition) is 4. The lowest BCUT2D eigenvalue weighted by atomic mass is 10.1. The molecule has 1 amide bonds. The Morgan fingerprint density at radius 3 is 2.63 bits per heavy atom. The molecule has 1 aromatic carbocycles. The predicted octanol–water partition coefficient (Wildman–Crippen LogP) is 1.63. The summed E-state index contributed by atoms with van der Waals surface area (Å²) < 4.78 is 5.23. The molecule has 0 aliphatic heterocycles. The number of benzene rings is 1. The van der Waals surface area contributed by atoms with Gasteiger partial charge in [-0.15, -0.1) is 0 Å². The Balaban J connectivity index is 2.16. The first-order valence-electron chi connectivity index (χ1n) is 5.82. The molecular weight excluding hydrogens is 244 g/mol. The van der Waals surface area contributed by atoms with Crippen molar-refractivity contribution in [1.82, 2.24) is 10.2 Å². The average Bonchev–Trinajstić information content (AvgIpc) is 2.73. The van der Waals surface area contributed by atoms with E-state index in [1.807, 2.05) is 30.3 Å². The third-order valence-corrected chi connectivity index (χ3v) is 2.81. The van der Waals surface area contributed by atoms with Crippen LogP contribution in [0.15, 0.2) is 30.3 Å². The van der Waals surface area contributed by atoms with Crippen LogP contribution in [0.2, 0.25) is 0 Å². The normalized spacial score (nSPS) is 12.1. The summed E-state index contributed by atoms with van der Waals surface area (Å²) in [6, 6.07) is 9.23. The molecule has 0 aliphatic carbocycles. The van der Waals surface area contributed by atoms with Crippen molar-refractivity contribution in [3.63, 3.8) is 0 Å². The van der Waals surface area contributed by atoms with Crippen LogP contribution in [-0.4, -0.2) is 23.2 Å². The molecule has 6 nitrogen and oxygen atoms in total. The third-order valence-electron chi connectivity index (χ3n) is 2.81. The number of carbonyl (C=O) groups is 1. The highest BCUT2D eigenvalue weighted by Crippen LogP contribution is 2.22. The van der Waals surface area contributed by atoms with E-state index in [1.54, 1.807) is 6.92 Å². The van der Waals surface area contributed by atoms with Crippen LogP contribution >= 0.6 is 0 Å². The minimum Gasteiger partial charge on any atom is -0.394 e. The number of rotatable bonds is 4. The lowest BCUT2D eigenvalue weighted by molar-refractivity contribution is -0.126. The molecule has 1 atom stereocenters. The number of H-pyrrole nitrogens is 1. The molecule has 0 radical (unpaired) electrons. The summed E-state index contributed by atoms with van der Waals surface area (Å²) in [5.41, 5.74) is 7.69. The van der Waals surface area contributed by atoms with E-state index in [4.69, 9.17) is 10.5 Å². The number of aryl methyl sites for hydroxylation is 1. The van der Waals surface area contributed by atoms with Crippen molar-refractivity contribution in [3.05, 3.63) is 41.6 Å². The van der Waals surface area contributed by atoms with Crippen molar-refractivity contribution >= 4 is 17.4 Å². The van der Waals surface area contributed by atoms with Gasteiger partial charge in [-0.3, -0.25) is 9.89 Å². The Morgan fingerprint density at radius 1 is 1.42 bits per heavy atom. The summed E-state index contributed by atoms with van der Waals surface area (Å²) >= 11 is 0. The van der Waals surface area contributed by atoms with Crippen molar-refractivity contribution in [1.29, 1.82) is 0 Å². The number of aromatic amines is 1. The fourth-order valence-corrected chi connectivity index (χ4v) is 1.74. The number of carbonyl (C=O) groups excluding carboxylic acids is 1. The van der Waals surface area contributed by atoms with Crippen LogP contribution < -0.4 is 11.1 Å². The van der Waals surface area contributed by atoms with Gasteiger partial charge in [0.05, 0.1) is 11.4 Å². The highest BCUT2D eigenvalue weighted by Gasteiger charge is 2.21. The molecule has 0 bridgehead atoms. The summed E-state index contributed by atoms with van der Waals surface area (Å²) in [6.45, 7) is 1.78. The monoisotopic (exact) mass is 260 g/mol. The molecule has 4 N–H and O–H groups in total. The molecule has 0 fully saturated rings. The van der Waals surface area contributed by atoms with Gasteiger partial charge in [0.15, 0.2) is 11.9 Å². The molecular formula is C13H16N4O2. The molecule has 1 unspecified atom stereocenters. The molecule has 0 spiro atoms. The smallest absolute Gasteiger partial charge is 0.259 e. The summed E-state index contributed by atoms with van der Waals surface area (Å²) in [5.74, 6) is 0.00683. The van der Waals surface area contributed by atoms with Crippen LogP contribution in [0, 0.1) is 6.92 Å². The molecule has 100 valence electrons. The van der Waals surface area contributed by atoms with Gasteiger partial charge in [0, 0.05) is 7.11 Å². The summed E-state index contributed by atoms with van der Waals surface area (Å²) in [4.78, 5) is 12.2. The second kappa shape index (κ2) is 5.53. The summed E-state index contributed by atoms with van der Waals surface area (Å²) in [5, 5.41) is 9.29. The highest BCUT2D eigenvalue weighted by atomic mass is 16.5. The van der Waals surface area contributed by atoms with Gasteiger partial charge in [-0.05, 0) is 12.5 Å². The number of aromatic nitrogens is 2. The first kappa shape index (κ1) is 13.1. The third kappa shape index (κ3) is 2.74. The van der Waals surface area contributed by atoms with Gasteiger partial charge in [-0.2, -0.15) is 5.10 Å². The van der Waals surface area contributed by atoms with Gasteiger partial charge in [-0.1, -0.05) is 30.3 Å². The molecule has 0 saturated carbocycles. The van der Waals surface area contributed by atoms with Gasteiger partial charge in [0.25, 0.3) is 5.91 Å². The van der Waals surface area contributed by atoms with Crippen molar-refractivity contribution in [2.24, 2.45) is 0 Å². The number of nitrogens with two attached hydrogens (primary N) is 1. The summed E-state index contributed by atoms with van der Waals surface area (Å²) in [6.07, 6.45) is -0.697. The Labute approximate surface area is 111 Å². The fourth-order valence-electron chi connectivity index (χ4n) is 1.74. The zero-order valence-corrected chi connectivity index (χ0v) is 10.8. The SMILES string of the molecule is COC(C(=O)Nc1n[nH]c(C)c1N)c1ccccc1. The molecule has 1 aromatic heterocycles. The van der Waals surface area contributed by atoms with Gasteiger partial charge in [-0.25, -0.2) is 0 Å². The second-order valence-electron chi connectivity index (χ2n) is 4.13. The number of nitrogens with one attached hydrogen (secondary N) is 2. The quantitative estimate of drug-likeness (QED) is 0.778. The van der Waals surface area contributed by atoms with E-state index in [0.29, 0.717) is 17.2 Å². The Kier molecular flexibility index (Phi) is 3.82. The number of hydrogen-bond donors (Lipinski definition) is 3. The van der Waals surface area contributed by atoms with E-state index in [9.17, 15) is 4.79 Å². The largest absolute Gasteiger partial charge is 0.394 e.